The third-order valence-electron chi connectivity index (χ3n) is 4.20. The quantitative estimate of drug-likeness (QED) is 0.623. The number of hydrogen-bond donors (Lipinski definition) is 2. The van der Waals surface area contributed by atoms with Gasteiger partial charge in [0.25, 0.3) is 5.91 Å². The van der Waals surface area contributed by atoms with Gasteiger partial charge in [-0.05, 0) is 30.3 Å². The van der Waals surface area contributed by atoms with E-state index in [9.17, 15) is 9.18 Å². The summed E-state index contributed by atoms with van der Waals surface area (Å²) in [5, 5.41) is 5.57. The van der Waals surface area contributed by atoms with Crippen molar-refractivity contribution in [2.24, 2.45) is 0 Å². The molecule has 2 heterocycles. The second-order valence-electron chi connectivity index (χ2n) is 6.13. The number of nitrogens with one attached hydrogen (secondary N) is 2. The van der Waals surface area contributed by atoms with Crippen molar-refractivity contribution in [2.45, 2.75) is 0 Å². The zero-order chi connectivity index (χ0) is 20.2. The summed E-state index contributed by atoms with van der Waals surface area (Å²) in [6, 6.07) is 11.4. The number of fused-ring (bicyclic) bond motifs is 1. The van der Waals surface area contributed by atoms with E-state index in [1.54, 1.807) is 42.5 Å². The summed E-state index contributed by atoms with van der Waals surface area (Å²) in [6.45, 7) is 4.01. The van der Waals surface area contributed by atoms with Crippen molar-refractivity contribution < 1.29 is 18.7 Å². The van der Waals surface area contributed by atoms with E-state index < -0.39 is 11.7 Å². The van der Waals surface area contributed by atoms with Gasteiger partial charge in [0, 0.05) is 18.3 Å². The Hall–Kier alpha value is -3.94. The second-order valence-corrected chi connectivity index (χ2v) is 6.13. The molecule has 1 aromatic heterocycles. The molecule has 3 aromatic rings. The smallest absolute Gasteiger partial charge is 0.256 e. The number of ether oxygens (including phenoxy) is 2. The van der Waals surface area contributed by atoms with Crippen molar-refractivity contribution in [3.63, 3.8) is 0 Å². The first-order valence-corrected chi connectivity index (χ1v) is 8.83. The molecule has 0 bridgehead atoms. The fourth-order valence-electron chi connectivity index (χ4n) is 2.77. The van der Waals surface area contributed by atoms with Gasteiger partial charge >= 0.3 is 0 Å². The van der Waals surface area contributed by atoms with Gasteiger partial charge in [0.15, 0.2) is 17.3 Å². The molecular weight excluding hydrogens is 375 g/mol. The Morgan fingerprint density at radius 2 is 2.03 bits per heavy atom. The van der Waals surface area contributed by atoms with Gasteiger partial charge in [-0.15, -0.1) is 6.58 Å². The lowest BCUT2D eigenvalue weighted by Crippen LogP contribution is -2.24. The van der Waals surface area contributed by atoms with Crippen LogP contribution in [0.15, 0.2) is 61.3 Å². The van der Waals surface area contributed by atoms with Crippen molar-refractivity contribution in [1.29, 1.82) is 0 Å². The second kappa shape index (κ2) is 7.97. The van der Waals surface area contributed by atoms with Crippen LogP contribution in [0.25, 0.3) is 11.4 Å². The predicted molar refractivity (Wildman–Crippen MR) is 106 cm³/mol. The summed E-state index contributed by atoms with van der Waals surface area (Å²) < 4.78 is 24.8. The van der Waals surface area contributed by atoms with E-state index in [4.69, 9.17) is 9.47 Å². The average molecular weight is 392 g/mol. The van der Waals surface area contributed by atoms with E-state index in [1.807, 2.05) is 0 Å². The molecule has 0 aliphatic carbocycles. The largest absolute Gasteiger partial charge is 0.454 e. The monoisotopic (exact) mass is 392 g/mol. The summed E-state index contributed by atoms with van der Waals surface area (Å²) >= 11 is 0. The Bertz CT molecular complexity index is 1090. The maximum absolute atomic E-state index is 14.1. The number of nitrogens with zero attached hydrogens (tertiary/aromatic N) is 2. The van der Waals surface area contributed by atoms with Gasteiger partial charge in [-0.3, -0.25) is 4.79 Å². The average Bonchev–Trinajstić information content (AvgIpc) is 3.21. The van der Waals surface area contributed by atoms with Crippen LogP contribution in [0, 0.1) is 5.82 Å². The van der Waals surface area contributed by atoms with Crippen LogP contribution in [0.5, 0.6) is 11.5 Å². The molecule has 8 heteroatoms. The van der Waals surface area contributed by atoms with Crippen LogP contribution in [0.3, 0.4) is 0 Å². The first kappa shape index (κ1) is 18.4. The minimum absolute atomic E-state index is 0.155. The fraction of sp³-hybridized carbons (Fsp3) is 0.0952. The maximum Gasteiger partial charge on any atom is 0.256 e. The highest BCUT2D eigenvalue weighted by atomic mass is 19.1. The van der Waals surface area contributed by atoms with E-state index >= 15 is 0 Å². The summed E-state index contributed by atoms with van der Waals surface area (Å²) in [4.78, 5) is 21.3. The molecule has 0 radical (unpaired) electrons. The van der Waals surface area contributed by atoms with E-state index in [1.165, 1.54) is 12.3 Å². The standard InChI is InChI=1S/C21H17FN4O3/c1-2-9-23-21(27)14-11-24-19(13-7-8-17-18(10-13)29-12-28-17)26-20(14)25-16-6-4-3-5-15(16)22/h2-8,10-11H,1,9,12H2,(H,23,27)(H,24,25,26). The molecule has 0 spiro atoms. The number of aromatic nitrogens is 2. The number of benzene rings is 2. The zero-order valence-corrected chi connectivity index (χ0v) is 15.3. The SMILES string of the molecule is C=CCNC(=O)c1cnc(-c2ccc3c(c2)OCO3)nc1Nc1ccccc1F. The Labute approximate surface area is 166 Å². The molecule has 0 unspecified atom stereocenters. The van der Waals surface area contributed by atoms with Crippen molar-refractivity contribution in [3.8, 4) is 22.9 Å². The highest BCUT2D eigenvalue weighted by Gasteiger charge is 2.19. The topological polar surface area (TPSA) is 85.4 Å². The van der Waals surface area contributed by atoms with Crippen LogP contribution in [-0.2, 0) is 0 Å². The Kier molecular flexibility index (Phi) is 5.07. The number of carbonyl (C=O) groups is 1. The first-order valence-electron chi connectivity index (χ1n) is 8.83. The number of amides is 1. The fourth-order valence-corrected chi connectivity index (χ4v) is 2.77. The summed E-state index contributed by atoms with van der Waals surface area (Å²) in [5.41, 5.74) is 1.05. The van der Waals surface area contributed by atoms with Crippen LogP contribution in [-0.4, -0.2) is 29.2 Å². The summed E-state index contributed by atoms with van der Waals surface area (Å²) in [6.07, 6.45) is 2.96. The molecule has 7 nitrogen and oxygen atoms in total. The number of para-hydroxylation sites is 1. The summed E-state index contributed by atoms with van der Waals surface area (Å²) in [7, 11) is 0. The minimum Gasteiger partial charge on any atom is -0.454 e. The highest BCUT2D eigenvalue weighted by Crippen LogP contribution is 2.35. The highest BCUT2D eigenvalue weighted by molar-refractivity contribution is 5.99. The van der Waals surface area contributed by atoms with E-state index in [-0.39, 0.29) is 30.4 Å². The molecule has 0 atom stereocenters. The van der Waals surface area contributed by atoms with Gasteiger partial charge in [0.05, 0.1) is 5.69 Å². The van der Waals surface area contributed by atoms with Gasteiger partial charge in [-0.2, -0.15) is 0 Å². The van der Waals surface area contributed by atoms with Gasteiger partial charge in [0.1, 0.15) is 17.2 Å². The van der Waals surface area contributed by atoms with E-state index in [0.29, 0.717) is 22.9 Å². The normalized spacial score (nSPS) is 11.8. The first-order chi connectivity index (χ1) is 14.2. The van der Waals surface area contributed by atoms with E-state index in [0.717, 1.165) is 0 Å². The zero-order valence-electron chi connectivity index (χ0n) is 15.3. The molecule has 2 N–H and O–H groups in total. The third-order valence-corrected chi connectivity index (χ3v) is 4.20. The lowest BCUT2D eigenvalue weighted by Gasteiger charge is -2.13. The molecule has 1 aliphatic rings. The van der Waals surface area contributed by atoms with Gasteiger partial charge in [0.2, 0.25) is 6.79 Å². The van der Waals surface area contributed by atoms with Crippen molar-refractivity contribution in [2.75, 3.05) is 18.7 Å². The number of hydrogen-bond acceptors (Lipinski definition) is 6. The lowest BCUT2D eigenvalue weighted by molar-refractivity contribution is 0.0958. The van der Waals surface area contributed by atoms with Crippen LogP contribution in [0.1, 0.15) is 10.4 Å². The number of rotatable bonds is 6. The molecule has 0 saturated heterocycles. The van der Waals surface area contributed by atoms with Crippen LogP contribution >= 0.6 is 0 Å². The Morgan fingerprint density at radius 3 is 2.86 bits per heavy atom. The number of halogens is 1. The third kappa shape index (κ3) is 3.86. The molecule has 146 valence electrons. The Balaban J connectivity index is 1.74. The molecule has 1 aliphatic heterocycles. The number of carbonyl (C=O) groups excluding carboxylic acids is 1. The van der Waals surface area contributed by atoms with Gasteiger partial charge in [-0.25, -0.2) is 14.4 Å². The lowest BCUT2D eigenvalue weighted by atomic mass is 10.1. The van der Waals surface area contributed by atoms with Crippen molar-refractivity contribution >= 4 is 17.4 Å². The maximum atomic E-state index is 14.1. The molecular formula is C21H17FN4O3. The van der Waals surface area contributed by atoms with Crippen LogP contribution in [0.4, 0.5) is 15.9 Å². The molecule has 0 fully saturated rings. The van der Waals surface area contributed by atoms with Crippen molar-refractivity contribution in [1.82, 2.24) is 15.3 Å². The molecule has 1 amide bonds. The Morgan fingerprint density at radius 1 is 1.21 bits per heavy atom. The summed E-state index contributed by atoms with van der Waals surface area (Å²) in [5.74, 6) is 0.886. The predicted octanol–water partition coefficient (Wildman–Crippen LogP) is 3.67. The van der Waals surface area contributed by atoms with Gasteiger partial charge in [-0.1, -0.05) is 18.2 Å². The van der Waals surface area contributed by atoms with Crippen molar-refractivity contribution in [3.05, 3.63) is 72.7 Å². The molecule has 2 aromatic carbocycles. The minimum atomic E-state index is -0.465. The van der Waals surface area contributed by atoms with Gasteiger partial charge < -0.3 is 20.1 Å². The molecule has 4 rings (SSSR count). The van der Waals surface area contributed by atoms with E-state index in [2.05, 4.69) is 27.2 Å². The molecule has 29 heavy (non-hydrogen) atoms. The van der Waals surface area contributed by atoms with Crippen LogP contribution in [0.2, 0.25) is 0 Å². The van der Waals surface area contributed by atoms with Crippen LogP contribution < -0.4 is 20.1 Å². The number of anilines is 2. The molecule has 0 saturated carbocycles.